The Bertz CT molecular complexity index is 920. The molecule has 1 aliphatic rings. The molecule has 4 rings (SSSR count). The average molecular weight is 428 g/mol. The Hall–Kier alpha value is -2.43. The van der Waals surface area contributed by atoms with Gasteiger partial charge in [-0.2, -0.15) is 9.61 Å². The van der Waals surface area contributed by atoms with Gasteiger partial charge in [0.1, 0.15) is 18.2 Å². The smallest absolute Gasteiger partial charge is 0.244 e. The summed E-state index contributed by atoms with van der Waals surface area (Å²) in [5.74, 6) is 0.934. The second-order valence-corrected chi connectivity index (χ2v) is 6.31. The Labute approximate surface area is 174 Å². The molecule has 1 atom stereocenters. The molecule has 1 saturated heterocycles. The number of aromatic nitrogens is 6. The van der Waals surface area contributed by atoms with E-state index in [1.165, 1.54) is 0 Å². The quantitative estimate of drug-likeness (QED) is 0.639. The van der Waals surface area contributed by atoms with Crippen LogP contribution in [0.2, 0.25) is 0 Å². The van der Waals surface area contributed by atoms with Crippen LogP contribution in [0.3, 0.4) is 0 Å². The zero-order valence-electron chi connectivity index (χ0n) is 15.6. The average Bonchev–Trinajstić information content (AvgIpc) is 3.30. The first kappa shape index (κ1) is 21.9. The Morgan fingerprint density at radius 3 is 2.57 bits per heavy atom. The van der Waals surface area contributed by atoms with E-state index in [2.05, 4.69) is 30.6 Å². The topological polar surface area (TPSA) is 96.5 Å². The van der Waals surface area contributed by atoms with Crippen molar-refractivity contribution in [1.82, 2.24) is 39.8 Å². The maximum atomic E-state index is 12.9. The van der Waals surface area contributed by atoms with Crippen LogP contribution in [-0.2, 0) is 11.8 Å². The molecule has 0 saturated carbocycles. The fourth-order valence-electron chi connectivity index (χ4n) is 3.25. The third-order valence-electron chi connectivity index (χ3n) is 4.66. The number of hydrogen-bond acceptors (Lipinski definition) is 7. The van der Waals surface area contributed by atoms with Gasteiger partial charge in [-0.1, -0.05) is 0 Å². The molecule has 3 aromatic heterocycles. The van der Waals surface area contributed by atoms with Crippen LogP contribution < -0.4 is 10.2 Å². The molecule has 0 bridgehead atoms. The van der Waals surface area contributed by atoms with Crippen molar-refractivity contribution in [1.29, 1.82) is 0 Å². The van der Waals surface area contributed by atoms with Gasteiger partial charge in [-0.25, -0.2) is 0 Å². The van der Waals surface area contributed by atoms with Gasteiger partial charge < -0.3 is 15.1 Å². The fourth-order valence-corrected chi connectivity index (χ4v) is 3.25. The van der Waals surface area contributed by atoms with Gasteiger partial charge in [0.2, 0.25) is 5.91 Å². The zero-order chi connectivity index (χ0) is 18.1. The summed E-state index contributed by atoms with van der Waals surface area (Å²) in [6, 6.07) is 3.46. The van der Waals surface area contributed by atoms with E-state index in [1.54, 1.807) is 28.8 Å². The van der Waals surface area contributed by atoms with Gasteiger partial charge in [-0.05, 0) is 19.2 Å². The van der Waals surface area contributed by atoms with Gasteiger partial charge in [0.05, 0.1) is 6.20 Å². The highest BCUT2D eigenvalue weighted by atomic mass is 35.5. The molecular formula is C16H23Cl2N9O. The van der Waals surface area contributed by atoms with Crippen molar-refractivity contribution < 1.29 is 4.79 Å². The van der Waals surface area contributed by atoms with E-state index < -0.39 is 0 Å². The van der Waals surface area contributed by atoms with Crippen LogP contribution in [0, 0.1) is 0 Å². The van der Waals surface area contributed by atoms with E-state index in [4.69, 9.17) is 0 Å². The number of carbonyl (C=O) groups is 1. The lowest BCUT2D eigenvalue weighted by Crippen LogP contribution is -2.51. The molecule has 12 heteroatoms. The first-order chi connectivity index (χ1) is 12.7. The zero-order valence-corrected chi connectivity index (χ0v) is 17.2. The summed E-state index contributed by atoms with van der Waals surface area (Å²) in [7, 11) is 3.64. The lowest BCUT2D eigenvalue weighted by atomic mass is 10.1. The molecule has 1 unspecified atom stereocenters. The summed E-state index contributed by atoms with van der Waals surface area (Å²) < 4.78 is 3.37. The van der Waals surface area contributed by atoms with Gasteiger partial charge in [-0.15, -0.1) is 40.1 Å². The van der Waals surface area contributed by atoms with E-state index in [-0.39, 0.29) is 36.8 Å². The molecule has 0 radical (unpaired) electrons. The molecule has 4 heterocycles. The van der Waals surface area contributed by atoms with Crippen LogP contribution in [0.5, 0.6) is 0 Å². The van der Waals surface area contributed by atoms with E-state index in [0.29, 0.717) is 13.1 Å². The second kappa shape index (κ2) is 9.18. The normalized spacial score (nSPS) is 15.1. The lowest BCUT2D eigenvalue weighted by Gasteiger charge is -2.36. The van der Waals surface area contributed by atoms with Crippen LogP contribution in [0.1, 0.15) is 11.6 Å². The van der Waals surface area contributed by atoms with Crippen LogP contribution in [0.4, 0.5) is 5.82 Å². The number of piperazine rings is 1. The molecule has 0 aliphatic carbocycles. The minimum Gasteiger partial charge on any atom is -0.352 e. The SMILES string of the molecule is CNC(C(=O)N1CCN(c2ccc3nncn3n2)CC1)c1cnn(C)c1.Cl.Cl. The van der Waals surface area contributed by atoms with Gasteiger partial charge in [-0.3, -0.25) is 9.48 Å². The molecule has 1 fully saturated rings. The maximum absolute atomic E-state index is 12.9. The van der Waals surface area contributed by atoms with Crippen molar-refractivity contribution in [3.63, 3.8) is 0 Å². The lowest BCUT2D eigenvalue weighted by molar-refractivity contribution is -0.133. The van der Waals surface area contributed by atoms with Crippen molar-refractivity contribution >= 4 is 42.2 Å². The number of fused-ring (bicyclic) bond motifs is 1. The Morgan fingerprint density at radius 2 is 1.93 bits per heavy atom. The summed E-state index contributed by atoms with van der Waals surface area (Å²) in [5, 5.41) is 19.6. The summed E-state index contributed by atoms with van der Waals surface area (Å²) in [5.41, 5.74) is 1.60. The minimum absolute atomic E-state index is 0. The molecule has 28 heavy (non-hydrogen) atoms. The number of halogens is 2. The first-order valence-electron chi connectivity index (χ1n) is 8.52. The number of nitrogens with zero attached hydrogens (tertiary/aromatic N) is 8. The van der Waals surface area contributed by atoms with E-state index >= 15 is 0 Å². The van der Waals surface area contributed by atoms with Gasteiger partial charge in [0.25, 0.3) is 0 Å². The molecule has 1 N–H and O–H groups in total. The van der Waals surface area contributed by atoms with Gasteiger partial charge in [0.15, 0.2) is 5.65 Å². The number of anilines is 1. The number of likely N-dealkylation sites (N-methyl/N-ethyl adjacent to an activating group) is 1. The maximum Gasteiger partial charge on any atom is 0.244 e. The Morgan fingerprint density at radius 1 is 1.18 bits per heavy atom. The standard InChI is InChI=1S/C16H21N9O.2ClH/c1-17-15(12-9-19-22(2)10-12)16(26)24-7-5-23(6-8-24)14-4-3-13-20-18-11-25(13)21-14;;/h3-4,9-11,15,17H,5-8H2,1-2H3;2*1H. The minimum atomic E-state index is -0.373. The molecule has 1 amide bonds. The number of carbonyl (C=O) groups excluding carboxylic acids is 1. The number of hydrogen-bond donors (Lipinski definition) is 1. The van der Waals surface area contributed by atoms with Crippen molar-refractivity contribution in [2.45, 2.75) is 6.04 Å². The molecule has 3 aromatic rings. The highest BCUT2D eigenvalue weighted by molar-refractivity contribution is 5.85. The van der Waals surface area contributed by atoms with Crippen LogP contribution in [0.15, 0.2) is 30.9 Å². The van der Waals surface area contributed by atoms with Crippen molar-refractivity contribution in [3.05, 3.63) is 36.4 Å². The van der Waals surface area contributed by atoms with Crippen LogP contribution >= 0.6 is 24.8 Å². The highest BCUT2D eigenvalue weighted by Crippen LogP contribution is 2.18. The molecule has 10 nitrogen and oxygen atoms in total. The number of amides is 1. The monoisotopic (exact) mass is 427 g/mol. The van der Waals surface area contributed by atoms with Crippen molar-refractivity contribution in [3.8, 4) is 0 Å². The first-order valence-corrected chi connectivity index (χ1v) is 8.52. The van der Waals surface area contributed by atoms with E-state index in [9.17, 15) is 4.79 Å². The third-order valence-corrected chi connectivity index (χ3v) is 4.66. The molecule has 0 spiro atoms. The number of nitrogens with one attached hydrogen (secondary N) is 1. The largest absolute Gasteiger partial charge is 0.352 e. The van der Waals surface area contributed by atoms with E-state index in [0.717, 1.165) is 30.1 Å². The predicted molar refractivity (Wildman–Crippen MR) is 109 cm³/mol. The van der Waals surface area contributed by atoms with Crippen molar-refractivity contribution in [2.24, 2.45) is 7.05 Å². The number of rotatable bonds is 4. The molecule has 152 valence electrons. The number of aryl methyl sites for hydroxylation is 1. The van der Waals surface area contributed by atoms with Gasteiger partial charge >= 0.3 is 0 Å². The third kappa shape index (κ3) is 4.18. The second-order valence-electron chi connectivity index (χ2n) is 6.31. The Balaban J connectivity index is 0.00000140. The fraction of sp³-hybridized carbons (Fsp3) is 0.438. The molecule has 1 aliphatic heterocycles. The highest BCUT2D eigenvalue weighted by Gasteiger charge is 2.28. The Kier molecular flexibility index (Phi) is 7.17. The van der Waals surface area contributed by atoms with Gasteiger partial charge in [0, 0.05) is 45.0 Å². The summed E-state index contributed by atoms with van der Waals surface area (Å²) in [4.78, 5) is 17.0. The summed E-state index contributed by atoms with van der Waals surface area (Å²) >= 11 is 0. The van der Waals surface area contributed by atoms with Crippen molar-refractivity contribution in [2.75, 3.05) is 38.1 Å². The van der Waals surface area contributed by atoms with Crippen LogP contribution in [0.25, 0.3) is 5.65 Å². The van der Waals surface area contributed by atoms with Crippen LogP contribution in [-0.4, -0.2) is 73.6 Å². The predicted octanol–water partition coefficient (Wildman–Crippen LogP) is 0.311. The summed E-state index contributed by atoms with van der Waals surface area (Å²) in [6.45, 7) is 2.77. The summed E-state index contributed by atoms with van der Waals surface area (Å²) in [6.07, 6.45) is 5.19. The molecular weight excluding hydrogens is 405 g/mol. The molecule has 0 aromatic carbocycles. The van der Waals surface area contributed by atoms with E-state index in [1.807, 2.05) is 30.3 Å².